The van der Waals surface area contributed by atoms with Crippen LogP contribution in [0.1, 0.15) is 21.6 Å². The molecule has 0 aliphatic heterocycles. The van der Waals surface area contributed by atoms with Gasteiger partial charge in [-0.1, -0.05) is 18.2 Å². The van der Waals surface area contributed by atoms with Crippen LogP contribution in [0.5, 0.6) is 0 Å². The number of aromatic amines is 1. The highest BCUT2D eigenvalue weighted by Crippen LogP contribution is 2.26. The molecule has 0 saturated carbocycles. The number of aromatic nitrogens is 1. The maximum absolute atomic E-state index is 11.2. The second-order valence-corrected chi connectivity index (χ2v) is 4.23. The van der Waals surface area contributed by atoms with Crippen LogP contribution in [0.2, 0.25) is 0 Å². The third-order valence-corrected chi connectivity index (χ3v) is 2.98. The number of aliphatic carboxylic acids is 1. The van der Waals surface area contributed by atoms with Crippen LogP contribution in [-0.2, 0) is 17.6 Å². The van der Waals surface area contributed by atoms with Crippen LogP contribution in [0, 0.1) is 0 Å². The van der Waals surface area contributed by atoms with E-state index in [0.717, 1.165) is 5.39 Å². The molecule has 0 aliphatic rings. The van der Waals surface area contributed by atoms with Crippen LogP contribution in [-0.4, -0.2) is 33.7 Å². The molecule has 0 fully saturated rings. The zero-order valence-corrected chi connectivity index (χ0v) is 10.1. The number of H-pyrrole nitrogens is 1. The summed E-state index contributed by atoms with van der Waals surface area (Å²) < 4.78 is 0. The first kappa shape index (κ1) is 13.1. The van der Waals surface area contributed by atoms with E-state index in [1.807, 2.05) is 0 Å². The fourth-order valence-corrected chi connectivity index (χ4v) is 2.23. The van der Waals surface area contributed by atoms with Gasteiger partial charge in [0.1, 0.15) is 5.69 Å². The van der Waals surface area contributed by atoms with Crippen LogP contribution in [0.3, 0.4) is 0 Å². The first-order chi connectivity index (χ1) is 9.04. The lowest BCUT2D eigenvalue weighted by Crippen LogP contribution is -2.07. The van der Waals surface area contributed by atoms with Crippen molar-refractivity contribution in [2.24, 2.45) is 5.73 Å². The quantitative estimate of drug-likeness (QED) is 0.641. The number of fused-ring (bicyclic) bond motifs is 1. The molecule has 6 heteroatoms. The van der Waals surface area contributed by atoms with Crippen molar-refractivity contribution in [2.75, 3.05) is 6.54 Å². The third kappa shape index (κ3) is 2.43. The van der Waals surface area contributed by atoms with Crippen molar-refractivity contribution in [3.8, 4) is 0 Å². The second-order valence-electron chi connectivity index (χ2n) is 4.23. The van der Waals surface area contributed by atoms with Gasteiger partial charge in [-0.3, -0.25) is 4.79 Å². The van der Waals surface area contributed by atoms with Crippen LogP contribution >= 0.6 is 0 Å². The van der Waals surface area contributed by atoms with Crippen molar-refractivity contribution in [1.29, 1.82) is 0 Å². The summed E-state index contributed by atoms with van der Waals surface area (Å²) >= 11 is 0. The van der Waals surface area contributed by atoms with Gasteiger partial charge in [-0.15, -0.1) is 0 Å². The highest BCUT2D eigenvalue weighted by atomic mass is 16.4. The molecule has 0 radical (unpaired) electrons. The predicted octanol–water partition coefficient (Wildman–Crippen LogP) is 0.994. The molecular formula is C13H14N2O4. The fourth-order valence-electron chi connectivity index (χ4n) is 2.23. The molecule has 0 atom stereocenters. The number of carboxylic acids is 2. The maximum atomic E-state index is 11.2. The van der Waals surface area contributed by atoms with Gasteiger partial charge in [-0.05, 0) is 24.1 Å². The Balaban J connectivity index is 2.67. The molecule has 0 unspecified atom stereocenters. The van der Waals surface area contributed by atoms with Crippen molar-refractivity contribution in [3.63, 3.8) is 0 Å². The van der Waals surface area contributed by atoms with E-state index in [4.69, 9.17) is 10.8 Å². The van der Waals surface area contributed by atoms with E-state index < -0.39 is 11.9 Å². The van der Waals surface area contributed by atoms with Gasteiger partial charge in [0, 0.05) is 5.39 Å². The molecule has 0 bridgehead atoms. The second kappa shape index (κ2) is 5.11. The van der Waals surface area contributed by atoms with Crippen molar-refractivity contribution < 1.29 is 19.8 Å². The molecule has 2 rings (SSSR count). The number of carboxylic acid groups (broad SMARTS) is 2. The molecule has 1 aromatic heterocycles. The number of carbonyl (C=O) groups is 2. The van der Waals surface area contributed by atoms with E-state index in [1.54, 1.807) is 18.2 Å². The monoisotopic (exact) mass is 262 g/mol. The van der Waals surface area contributed by atoms with E-state index in [-0.39, 0.29) is 12.1 Å². The smallest absolute Gasteiger partial charge is 0.352 e. The van der Waals surface area contributed by atoms with Crippen LogP contribution < -0.4 is 5.73 Å². The standard InChI is InChI=1S/C13H14N2O4/c14-5-4-9-8-3-1-2-7(6-10(16)17)11(8)15-12(9)13(18)19/h1-3,15H,4-6,14H2,(H,16,17)(H,18,19). The number of hydrogen-bond acceptors (Lipinski definition) is 3. The number of aromatic carboxylic acids is 1. The summed E-state index contributed by atoms with van der Waals surface area (Å²) in [7, 11) is 0. The van der Waals surface area contributed by atoms with Crippen molar-refractivity contribution in [1.82, 2.24) is 4.98 Å². The molecule has 6 nitrogen and oxygen atoms in total. The topological polar surface area (TPSA) is 116 Å². The molecule has 1 heterocycles. The average Bonchev–Trinajstić information content (AvgIpc) is 2.70. The summed E-state index contributed by atoms with van der Waals surface area (Å²) in [6, 6.07) is 5.17. The van der Waals surface area contributed by atoms with Crippen LogP contribution in [0.4, 0.5) is 0 Å². The lowest BCUT2D eigenvalue weighted by Gasteiger charge is -2.01. The van der Waals surface area contributed by atoms with Gasteiger partial charge in [0.05, 0.1) is 11.9 Å². The first-order valence-corrected chi connectivity index (χ1v) is 5.82. The highest BCUT2D eigenvalue weighted by molar-refractivity contribution is 5.99. The van der Waals surface area contributed by atoms with Crippen LogP contribution in [0.15, 0.2) is 18.2 Å². The van der Waals surface area contributed by atoms with Gasteiger partial charge in [0.15, 0.2) is 0 Å². The lowest BCUT2D eigenvalue weighted by atomic mass is 10.0. The average molecular weight is 262 g/mol. The first-order valence-electron chi connectivity index (χ1n) is 5.82. The SMILES string of the molecule is NCCc1c(C(=O)O)[nH]c2c(CC(=O)O)cccc12. The molecule has 2 aromatic rings. The summed E-state index contributed by atoms with van der Waals surface area (Å²) in [6.45, 7) is 0.330. The molecule has 5 N–H and O–H groups in total. The van der Waals surface area contributed by atoms with Gasteiger partial charge in [-0.25, -0.2) is 4.79 Å². The number of para-hydroxylation sites is 1. The summed E-state index contributed by atoms with van der Waals surface area (Å²) in [5.74, 6) is -2.03. The Morgan fingerprint density at radius 1 is 1.26 bits per heavy atom. The molecule has 0 saturated heterocycles. The normalized spacial score (nSPS) is 10.8. The number of rotatable bonds is 5. The van der Waals surface area contributed by atoms with E-state index in [0.29, 0.717) is 29.6 Å². The third-order valence-electron chi connectivity index (χ3n) is 2.98. The molecule has 19 heavy (non-hydrogen) atoms. The number of benzene rings is 1. The zero-order chi connectivity index (χ0) is 14.0. The minimum Gasteiger partial charge on any atom is -0.481 e. The molecule has 0 amide bonds. The number of hydrogen-bond donors (Lipinski definition) is 4. The molecule has 1 aromatic carbocycles. The molecule has 0 aliphatic carbocycles. The number of nitrogens with two attached hydrogens (primary N) is 1. The summed E-state index contributed by atoms with van der Waals surface area (Å²) in [4.78, 5) is 24.8. The molecule has 0 spiro atoms. The fraction of sp³-hybridized carbons (Fsp3) is 0.231. The van der Waals surface area contributed by atoms with Crippen LogP contribution in [0.25, 0.3) is 10.9 Å². The van der Waals surface area contributed by atoms with Crippen molar-refractivity contribution >= 4 is 22.8 Å². The Kier molecular flexibility index (Phi) is 3.52. The Labute approximate surface area is 108 Å². The Bertz CT molecular complexity index is 645. The lowest BCUT2D eigenvalue weighted by molar-refractivity contribution is -0.136. The Hall–Kier alpha value is -2.34. The summed E-state index contributed by atoms with van der Waals surface area (Å²) in [5, 5.41) is 18.8. The highest BCUT2D eigenvalue weighted by Gasteiger charge is 2.18. The minimum atomic E-state index is -1.07. The van der Waals surface area contributed by atoms with E-state index >= 15 is 0 Å². The zero-order valence-electron chi connectivity index (χ0n) is 10.1. The van der Waals surface area contributed by atoms with Gasteiger partial charge >= 0.3 is 11.9 Å². The minimum absolute atomic E-state index is 0.0817. The van der Waals surface area contributed by atoms with Crippen molar-refractivity contribution in [2.45, 2.75) is 12.8 Å². The van der Waals surface area contributed by atoms with Gasteiger partial charge in [0.2, 0.25) is 0 Å². The molecular weight excluding hydrogens is 248 g/mol. The largest absolute Gasteiger partial charge is 0.481 e. The Morgan fingerprint density at radius 2 is 2.00 bits per heavy atom. The van der Waals surface area contributed by atoms with Crippen molar-refractivity contribution in [3.05, 3.63) is 35.0 Å². The van der Waals surface area contributed by atoms with Gasteiger partial charge in [-0.2, -0.15) is 0 Å². The van der Waals surface area contributed by atoms with Gasteiger partial charge in [0.25, 0.3) is 0 Å². The molecule has 100 valence electrons. The van der Waals surface area contributed by atoms with Gasteiger partial charge < -0.3 is 20.9 Å². The van der Waals surface area contributed by atoms with E-state index in [9.17, 15) is 14.7 Å². The maximum Gasteiger partial charge on any atom is 0.352 e. The number of nitrogens with one attached hydrogen (secondary N) is 1. The summed E-state index contributed by atoms with van der Waals surface area (Å²) in [6.07, 6.45) is 0.275. The van der Waals surface area contributed by atoms with E-state index in [2.05, 4.69) is 4.98 Å². The van der Waals surface area contributed by atoms with E-state index in [1.165, 1.54) is 0 Å². The summed E-state index contributed by atoms with van der Waals surface area (Å²) in [5.41, 5.74) is 7.33. The Morgan fingerprint density at radius 3 is 2.58 bits per heavy atom. The predicted molar refractivity (Wildman–Crippen MR) is 69.4 cm³/mol.